The van der Waals surface area contributed by atoms with Gasteiger partial charge in [-0.1, -0.05) is 12.1 Å². The molecule has 0 bridgehead atoms. The highest BCUT2D eigenvalue weighted by Gasteiger charge is 2.47. The van der Waals surface area contributed by atoms with Gasteiger partial charge in [0.2, 0.25) is 0 Å². The van der Waals surface area contributed by atoms with Crippen LogP contribution in [0.25, 0.3) is 0 Å². The molecule has 0 saturated carbocycles. The summed E-state index contributed by atoms with van der Waals surface area (Å²) >= 11 is 0. The van der Waals surface area contributed by atoms with Crippen molar-refractivity contribution in [1.29, 1.82) is 0 Å². The molecule has 3 amide bonds. The molecule has 1 atom stereocenters. The van der Waals surface area contributed by atoms with Gasteiger partial charge in [-0.15, -0.1) is 0 Å². The van der Waals surface area contributed by atoms with Crippen LogP contribution < -0.4 is 10.1 Å². The van der Waals surface area contributed by atoms with Crippen LogP contribution in [0.2, 0.25) is 0 Å². The lowest BCUT2D eigenvalue weighted by Gasteiger charge is -2.21. The lowest BCUT2D eigenvalue weighted by Crippen LogP contribution is -2.43. The summed E-state index contributed by atoms with van der Waals surface area (Å²) in [5.74, 6) is -1.11. The summed E-state index contributed by atoms with van der Waals surface area (Å²) in [4.78, 5) is 26.0. The van der Waals surface area contributed by atoms with Crippen molar-refractivity contribution in [3.63, 3.8) is 0 Å². The Kier molecular flexibility index (Phi) is 5.63. The van der Waals surface area contributed by atoms with Crippen LogP contribution in [0.5, 0.6) is 5.75 Å². The number of rotatable bonds is 7. The first-order valence-corrected chi connectivity index (χ1v) is 9.03. The maximum atomic E-state index is 13.4. The zero-order valence-corrected chi connectivity index (χ0v) is 15.8. The number of imide groups is 1. The van der Waals surface area contributed by atoms with Gasteiger partial charge in [0.25, 0.3) is 5.91 Å². The molecule has 7 heteroatoms. The van der Waals surface area contributed by atoms with E-state index in [9.17, 15) is 18.4 Å². The van der Waals surface area contributed by atoms with E-state index in [-0.39, 0.29) is 12.1 Å². The third kappa shape index (κ3) is 4.30. The van der Waals surface area contributed by atoms with E-state index < -0.39 is 29.1 Å². The summed E-state index contributed by atoms with van der Waals surface area (Å²) in [5.41, 5.74) is 0.298. The van der Waals surface area contributed by atoms with Gasteiger partial charge in [0, 0.05) is 6.07 Å². The molecule has 1 fully saturated rings. The third-order valence-corrected chi connectivity index (χ3v) is 4.91. The van der Waals surface area contributed by atoms with E-state index in [1.54, 1.807) is 14.0 Å². The van der Waals surface area contributed by atoms with Crippen molar-refractivity contribution in [2.45, 2.75) is 38.3 Å². The number of hydrogen-bond acceptors (Lipinski definition) is 3. The van der Waals surface area contributed by atoms with E-state index in [1.165, 1.54) is 0 Å². The smallest absolute Gasteiger partial charge is 0.325 e. The Hall–Kier alpha value is -2.96. The fourth-order valence-corrected chi connectivity index (χ4v) is 3.38. The molecular formula is C21H22F2N2O3. The van der Waals surface area contributed by atoms with Crippen molar-refractivity contribution in [2.24, 2.45) is 0 Å². The summed E-state index contributed by atoms with van der Waals surface area (Å²) in [6.07, 6.45) is 1.90. The molecule has 28 heavy (non-hydrogen) atoms. The van der Waals surface area contributed by atoms with E-state index in [0.29, 0.717) is 12.8 Å². The minimum absolute atomic E-state index is 0.173. The molecular weight excluding hydrogens is 366 g/mol. The minimum atomic E-state index is -1.03. The zero-order chi connectivity index (χ0) is 20.3. The number of amides is 3. The Morgan fingerprint density at radius 3 is 2.29 bits per heavy atom. The van der Waals surface area contributed by atoms with Gasteiger partial charge in [0.05, 0.1) is 13.7 Å². The molecule has 5 nitrogen and oxygen atoms in total. The van der Waals surface area contributed by atoms with E-state index in [1.807, 2.05) is 24.3 Å². The largest absolute Gasteiger partial charge is 0.497 e. The van der Waals surface area contributed by atoms with Crippen LogP contribution in [-0.4, -0.2) is 29.5 Å². The molecule has 1 unspecified atom stereocenters. The first-order chi connectivity index (χ1) is 13.3. The van der Waals surface area contributed by atoms with Gasteiger partial charge in [-0.05, 0) is 61.6 Å². The Morgan fingerprint density at radius 2 is 1.68 bits per heavy atom. The molecule has 2 aromatic rings. The topological polar surface area (TPSA) is 58.6 Å². The second-order valence-corrected chi connectivity index (χ2v) is 7.13. The highest BCUT2D eigenvalue weighted by molar-refractivity contribution is 6.06. The molecule has 0 radical (unpaired) electrons. The van der Waals surface area contributed by atoms with E-state index in [0.717, 1.165) is 40.8 Å². The summed E-state index contributed by atoms with van der Waals surface area (Å²) in [6.45, 7) is 1.50. The number of carbonyl (C=O) groups is 2. The van der Waals surface area contributed by atoms with Crippen LogP contribution in [0, 0.1) is 11.6 Å². The fourth-order valence-electron chi connectivity index (χ4n) is 3.38. The first-order valence-electron chi connectivity index (χ1n) is 9.03. The van der Waals surface area contributed by atoms with Gasteiger partial charge in [0.1, 0.15) is 22.9 Å². The predicted molar refractivity (Wildman–Crippen MR) is 99.8 cm³/mol. The summed E-state index contributed by atoms with van der Waals surface area (Å²) in [7, 11) is 1.61. The number of carbonyl (C=O) groups excluding carboxylic acids is 2. The second-order valence-electron chi connectivity index (χ2n) is 7.13. The Morgan fingerprint density at radius 1 is 1.04 bits per heavy atom. The summed E-state index contributed by atoms with van der Waals surface area (Å²) in [6, 6.07) is 10.1. The van der Waals surface area contributed by atoms with Crippen LogP contribution in [-0.2, 0) is 17.8 Å². The van der Waals surface area contributed by atoms with Crippen molar-refractivity contribution in [3.8, 4) is 5.75 Å². The number of halogens is 2. The lowest BCUT2D eigenvalue weighted by atomic mass is 9.93. The molecule has 0 aliphatic carbocycles. The third-order valence-electron chi connectivity index (χ3n) is 4.91. The van der Waals surface area contributed by atoms with Crippen molar-refractivity contribution in [2.75, 3.05) is 7.11 Å². The number of aryl methyl sites for hydroxylation is 1. The standard InChI is InChI=1S/C21H22F2N2O3/c1-21(9-3-4-14-5-7-18(28-2)8-6-14)19(26)25(20(27)24-21)13-15-10-16(22)12-17(23)11-15/h5-8,10-12H,3-4,9,13H2,1-2H3,(H,24,27). The van der Waals surface area contributed by atoms with E-state index >= 15 is 0 Å². The molecule has 1 heterocycles. The molecule has 0 spiro atoms. The highest BCUT2D eigenvalue weighted by Crippen LogP contribution is 2.26. The second kappa shape index (κ2) is 7.96. The van der Waals surface area contributed by atoms with Crippen molar-refractivity contribution in [3.05, 3.63) is 65.2 Å². The number of benzene rings is 2. The SMILES string of the molecule is COc1ccc(CCCC2(C)NC(=O)N(Cc3cc(F)cc(F)c3)C2=O)cc1. The van der Waals surface area contributed by atoms with Crippen LogP contribution in [0.1, 0.15) is 30.9 Å². The van der Waals surface area contributed by atoms with Crippen LogP contribution in [0.4, 0.5) is 13.6 Å². The zero-order valence-electron chi connectivity index (χ0n) is 15.8. The monoisotopic (exact) mass is 388 g/mol. The van der Waals surface area contributed by atoms with Gasteiger partial charge in [-0.2, -0.15) is 0 Å². The van der Waals surface area contributed by atoms with Crippen LogP contribution in [0.15, 0.2) is 42.5 Å². The molecule has 1 N–H and O–H groups in total. The Balaban J connectivity index is 1.62. The Labute approximate surface area is 162 Å². The molecule has 1 saturated heterocycles. The fraction of sp³-hybridized carbons (Fsp3) is 0.333. The predicted octanol–water partition coefficient (Wildman–Crippen LogP) is 3.81. The van der Waals surface area contributed by atoms with E-state index in [4.69, 9.17) is 4.74 Å². The van der Waals surface area contributed by atoms with Gasteiger partial charge >= 0.3 is 6.03 Å². The van der Waals surface area contributed by atoms with Crippen molar-refractivity contribution < 1.29 is 23.1 Å². The van der Waals surface area contributed by atoms with Gasteiger partial charge < -0.3 is 10.1 Å². The molecule has 1 aliphatic rings. The van der Waals surface area contributed by atoms with Crippen LogP contribution in [0.3, 0.4) is 0 Å². The molecule has 2 aromatic carbocycles. The lowest BCUT2D eigenvalue weighted by molar-refractivity contribution is -0.131. The average molecular weight is 388 g/mol. The summed E-state index contributed by atoms with van der Waals surface area (Å²) < 4.78 is 31.9. The number of nitrogens with zero attached hydrogens (tertiary/aromatic N) is 1. The Bertz CT molecular complexity index is 865. The normalized spacial score (nSPS) is 19.1. The highest BCUT2D eigenvalue weighted by atomic mass is 19.1. The number of hydrogen-bond donors (Lipinski definition) is 1. The maximum Gasteiger partial charge on any atom is 0.325 e. The van der Waals surface area contributed by atoms with Gasteiger partial charge in [0.15, 0.2) is 0 Å². The number of ether oxygens (including phenoxy) is 1. The number of nitrogens with one attached hydrogen (secondary N) is 1. The van der Waals surface area contributed by atoms with Crippen LogP contribution >= 0.6 is 0 Å². The molecule has 3 rings (SSSR count). The average Bonchev–Trinajstić information content (AvgIpc) is 2.85. The summed E-state index contributed by atoms with van der Waals surface area (Å²) in [5, 5.41) is 2.71. The van der Waals surface area contributed by atoms with Gasteiger partial charge in [-0.25, -0.2) is 13.6 Å². The number of urea groups is 1. The van der Waals surface area contributed by atoms with Gasteiger partial charge in [-0.3, -0.25) is 9.69 Å². The van der Waals surface area contributed by atoms with Crippen molar-refractivity contribution >= 4 is 11.9 Å². The minimum Gasteiger partial charge on any atom is -0.497 e. The molecule has 1 aliphatic heterocycles. The quantitative estimate of drug-likeness (QED) is 0.734. The molecule has 148 valence electrons. The first kappa shape index (κ1) is 19.8. The number of methoxy groups -OCH3 is 1. The van der Waals surface area contributed by atoms with E-state index in [2.05, 4.69) is 5.32 Å². The molecule has 0 aromatic heterocycles. The van der Waals surface area contributed by atoms with Crippen molar-refractivity contribution in [1.82, 2.24) is 10.2 Å². The maximum absolute atomic E-state index is 13.4.